The van der Waals surface area contributed by atoms with Gasteiger partial charge in [0.05, 0.1) is 16.0 Å². The van der Waals surface area contributed by atoms with Crippen LogP contribution in [0.2, 0.25) is 0 Å². The lowest BCUT2D eigenvalue weighted by molar-refractivity contribution is -0.384. The Morgan fingerprint density at radius 1 is 1.22 bits per heavy atom. The van der Waals surface area contributed by atoms with Crippen LogP contribution in [0.5, 0.6) is 0 Å². The van der Waals surface area contributed by atoms with E-state index in [1.807, 2.05) is 0 Å². The van der Waals surface area contributed by atoms with E-state index in [9.17, 15) is 19.7 Å². The first-order chi connectivity index (χ1) is 11.0. The van der Waals surface area contributed by atoms with Crippen LogP contribution in [0.3, 0.4) is 0 Å². The van der Waals surface area contributed by atoms with Crippen LogP contribution in [0.1, 0.15) is 6.92 Å². The van der Waals surface area contributed by atoms with E-state index in [2.05, 4.69) is 4.98 Å². The lowest BCUT2D eigenvalue weighted by atomic mass is 10.2. The third-order valence-corrected chi connectivity index (χ3v) is 3.51. The van der Waals surface area contributed by atoms with Crippen molar-refractivity contribution in [1.82, 2.24) is 14.1 Å². The molecule has 23 heavy (non-hydrogen) atoms. The summed E-state index contributed by atoms with van der Waals surface area (Å²) in [6, 6.07) is 8.83. The predicted molar refractivity (Wildman–Crippen MR) is 83.9 cm³/mol. The Morgan fingerprint density at radius 3 is 2.70 bits per heavy atom. The van der Waals surface area contributed by atoms with Crippen LogP contribution in [0, 0.1) is 10.1 Å². The Balaban J connectivity index is 2.47. The summed E-state index contributed by atoms with van der Waals surface area (Å²) in [6.07, 6.45) is 1.46. The van der Waals surface area contributed by atoms with Gasteiger partial charge in [-0.2, -0.15) is 0 Å². The molecule has 0 spiro atoms. The number of nitro groups is 1. The number of hydrogen-bond donors (Lipinski definition) is 0. The van der Waals surface area contributed by atoms with Gasteiger partial charge in [-0.15, -0.1) is 0 Å². The van der Waals surface area contributed by atoms with Crippen LogP contribution in [0.25, 0.3) is 16.7 Å². The maximum atomic E-state index is 12.6. The second kappa shape index (κ2) is 5.48. The molecule has 0 atom stereocenters. The molecule has 0 aliphatic carbocycles. The molecule has 0 fully saturated rings. The van der Waals surface area contributed by atoms with E-state index in [0.717, 1.165) is 4.57 Å². The van der Waals surface area contributed by atoms with Crippen molar-refractivity contribution in [2.24, 2.45) is 0 Å². The average Bonchev–Trinajstić information content (AvgIpc) is 2.56. The largest absolute Gasteiger partial charge is 0.337 e. The quantitative estimate of drug-likeness (QED) is 0.538. The van der Waals surface area contributed by atoms with Crippen molar-refractivity contribution in [3.05, 3.63) is 73.5 Å². The van der Waals surface area contributed by atoms with Crippen LogP contribution in [0.15, 0.2) is 52.2 Å². The molecular weight excluding hydrogens is 300 g/mol. The summed E-state index contributed by atoms with van der Waals surface area (Å²) in [5.41, 5.74) is -0.693. The molecule has 0 saturated carbocycles. The third kappa shape index (κ3) is 2.30. The van der Waals surface area contributed by atoms with E-state index in [-0.39, 0.29) is 29.0 Å². The molecule has 8 nitrogen and oxygen atoms in total. The summed E-state index contributed by atoms with van der Waals surface area (Å²) in [7, 11) is 0. The molecule has 2 heterocycles. The van der Waals surface area contributed by atoms with Gasteiger partial charge < -0.3 is 0 Å². The van der Waals surface area contributed by atoms with Crippen molar-refractivity contribution in [3.63, 3.8) is 0 Å². The number of nitro benzene ring substituents is 1. The Hall–Kier alpha value is -3.29. The van der Waals surface area contributed by atoms with Gasteiger partial charge in [-0.3, -0.25) is 19.5 Å². The SMILES string of the molecule is CCn1c(=O)c2cccnc2n(-c2cccc([N+](=O)[O-])c2)c1=O. The van der Waals surface area contributed by atoms with Crippen LogP contribution < -0.4 is 11.2 Å². The van der Waals surface area contributed by atoms with Gasteiger partial charge in [-0.1, -0.05) is 6.07 Å². The molecule has 116 valence electrons. The van der Waals surface area contributed by atoms with Gasteiger partial charge in [0, 0.05) is 24.9 Å². The molecule has 0 aliphatic rings. The van der Waals surface area contributed by atoms with Crippen molar-refractivity contribution in [1.29, 1.82) is 0 Å². The number of non-ortho nitro benzene ring substituents is 1. The van der Waals surface area contributed by atoms with Gasteiger partial charge >= 0.3 is 5.69 Å². The number of fused-ring (bicyclic) bond motifs is 1. The number of benzene rings is 1. The lowest BCUT2D eigenvalue weighted by Crippen LogP contribution is -2.39. The summed E-state index contributed by atoms with van der Waals surface area (Å²) in [4.78, 5) is 39.5. The van der Waals surface area contributed by atoms with Crippen LogP contribution in [-0.2, 0) is 6.54 Å². The second-order valence-corrected chi connectivity index (χ2v) is 4.82. The van der Waals surface area contributed by atoms with E-state index >= 15 is 0 Å². The molecule has 3 rings (SSSR count). The molecule has 0 amide bonds. The summed E-state index contributed by atoms with van der Waals surface area (Å²) >= 11 is 0. The summed E-state index contributed by atoms with van der Waals surface area (Å²) in [5.74, 6) is 0. The predicted octanol–water partition coefficient (Wildman–Crippen LogP) is 1.48. The van der Waals surface area contributed by atoms with Gasteiger partial charge in [0.25, 0.3) is 11.2 Å². The monoisotopic (exact) mass is 312 g/mol. The van der Waals surface area contributed by atoms with Crippen molar-refractivity contribution in [2.75, 3.05) is 0 Å². The number of aromatic nitrogens is 3. The minimum Gasteiger partial charge on any atom is -0.268 e. The minimum absolute atomic E-state index is 0.146. The smallest absolute Gasteiger partial charge is 0.268 e. The zero-order chi connectivity index (χ0) is 16.6. The van der Waals surface area contributed by atoms with Crippen molar-refractivity contribution in [2.45, 2.75) is 13.5 Å². The molecule has 3 aromatic rings. The highest BCUT2D eigenvalue weighted by molar-refractivity contribution is 5.75. The van der Waals surface area contributed by atoms with Gasteiger partial charge in [0.1, 0.15) is 0 Å². The standard InChI is InChI=1S/C15H12N4O4/c1-2-17-14(20)12-7-4-8-16-13(12)18(15(17)21)10-5-3-6-11(9-10)19(22)23/h3-9H,2H2,1H3. The maximum Gasteiger partial charge on any atom is 0.337 e. The molecule has 0 radical (unpaired) electrons. The first-order valence-electron chi connectivity index (χ1n) is 6.90. The van der Waals surface area contributed by atoms with Crippen LogP contribution >= 0.6 is 0 Å². The Kier molecular flexibility index (Phi) is 3.49. The van der Waals surface area contributed by atoms with E-state index in [1.54, 1.807) is 25.1 Å². The summed E-state index contributed by atoms with van der Waals surface area (Å²) in [5, 5.41) is 11.2. The van der Waals surface area contributed by atoms with Crippen molar-refractivity contribution in [3.8, 4) is 5.69 Å². The Morgan fingerprint density at radius 2 is 2.00 bits per heavy atom. The number of hydrogen-bond acceptors (Lipinski definition) is 5. The maximum absolute atomic E-state index is 12.6. The molecule has 0 N–H and O–H groups in total. The van der Waals surface area contributed by atoms with E-state index in [1.165, 1.54) is 29.0 Å². The van der Waals surface area contributed by atoms with E-state index in [0.29, 0.717) is 0 Å². The molecule has 0 aliphatic heterocycles. The van der Waals surface area contributed by atoms with Crippen molar-refractivity contribution >= 4 is 16.7 Å². The zero-order valence-electron chi connectivity index (χ0n) is 12.2. The molecule has 2 aromatic heterocycles. The van der Waals surface area contributed by atoms with Crippen LogP contribution in [-0.4, -0.2) is 19.0 Å². The fourth-order valence-corrected chi connectivity index (χ4v) is 2.44. The molecule has 0 unspecified atom stereocenters. The fraction of sp³-hybridized carbons (Fsp3) is 0.133. The highest BCUT2D eigenvalue weighted by Crippen LogP contribution is 2.17. The van der Waals surface area contributed by atoms with Gasteiger partial charge in [-0.25, -0.2) is 14.3 Å². The fourth-order valence-electron chi connectivity index (χ4n) is 2.44. The summed E-state index contributed by atoms with van der Waals surface area (Å²) in [6.45, 7) is 1.88. The molecule has 8 heteroatoms. The molecule has 0 bridgehead atoms. The van der Waals surface area contributed by atoms with E-state index in [4.69, 9.17) is 0 Å². The van der Waals surface area contributed by atoms with E-state index < -0.39 is 16.2 Å². The lowest BCUT2D eigenvalue weighted by Gasteiger charge is -2.12. The van der Waals surface area contributed by atoms with Gasteiger partial charge in [0.2, 0.25) is 0 Å². The third-order valence-electron chi connectivity index (χ3n) is 3.51. The first-order valence-corrected chi connectivity index (χ1v) is 6.90. The average molecular weight is 312 g/mol. The molecule has 1 aromatic carbocycles. The van der Waals surface area contributed by atoms with Crippen LogP contribution in [0.4, 0.5) is 5.69 Å². The Labute approximate surface area is 129 Å². The second-order valence-electron chi connectivity index (χ2n) is 4.82. The minimum atomic E-state index is -0.579. The zero-order valence-corrected chi connectivity index (χ0v) is 12.2. The van der Waals surface area contributed by atoms with Gasteiger partial charge in [0.15, 0.2) is 5.65 Å². The Bertz CT molecular complexity index is 1040. The van der Waals surface area contributed by atoms with Gasteiger partial charge in [-0.05, 0) is 25.1 Å². The molecule has 0 saturated heterocycles. The highest BCUT2D eigenvalue weighted by Gasteiger charge is 2.16. The normalized spacial score (nSPS) is 10.8. The number of pyridine rings is 1. The number of nitrogens with zero attached hydrogens (tertiary/aromatic N) is 4. The first kappa shape index (κ1) is 14.6. The van der Waals surface area contributed by atoms with Crippen molar-refractivity contribution < 1.29 is 4.92 Å². The topological polar surface area (TPSA) is 100 Å². The summed E-state index contributed by atoms with van der Waals surface area (Å²) < 4.78 is 2.29. The number of rotatable bonds is 3. The highest BCUT2D eigenvalue weighted by atomic mass is 16.6. The molecular formula is C15H12N4O4.